The van der Waals surface area contributed by atoms with Crippen molar-refractivity contribution < 1.29 is 28.9 Å². The fourth-order valence-corrected chi connectivity index (χ4v) is 4.16. The topological polar surface area (TPSA) is 85.3 Å². The Morgan fingerprint density at radius 2 is 1.97 bits per heavy atom. The predicted molar refractivity (Wildman–Crippen MR) is 113 cm³/mol. The third kappa shape index (κ3) is 4.06. The number of thiocarbonyl (C=S) groups is 1. The van der Waals surface area contributed by atoms with E-state index in [1.165, 1.54) is 16.7 Å². The molecule has 0 aliphatic carbocycles. The molecule has 2 aliphatic heterocycles. The van der Waals surface area contributed by atoms with Crippen molar-refractivity contribution in [3.8, 4) is 17.2 Å². The van der Waals surface area contributed by atoms with Crippen LogP contribution in [0, 0.1) is 0 Å². The normalized spacial score (nSPS) is 17.0. The van der Waals surface area contributed by atoms with E-state index in [0.717, 1.165) is 0 Å². The molecule has 2 heterocycles. The van der Waals surface area contributed by atoms with Crippen molar-refractivity contribution in [1.82, 2.24) is 0 Å². The van der Waals surface area contributed by atoms with Crippen LogP contribution in [0.4, 0.5) is 5.69 Å². The van der Waals surface area contributed by atoms with E-state index in [1.807, 2.05) is 0 Å². The molecule has 2 aromatic carbocycles. The minimum Gasteiger partial charge on any atom is -0.486 e. The maximum atomic E-state index is 13.0. The van der Waals surface area contributed by atoms with Gasteiger partial charge in [0.15, 0.2) is 22.4 Å². The number of ether oxygens (including phenoxy) is 3. The first-order valence-corrected chi connectivity index (χ1v) is 9.86. The Morgan fingerprint density at radius 3 is 2.76 bits per heavy atom. The first kappa shape index (κ1) is 19.3. The summed E-state index contributed by atoms with van der Waals surface area (Å²) in [6, 6.07) is 12.1. The lowest BCUT2D eigenvalue weighted by Crippen LogP contribution is -2.27. The van der Waals surface area contributed by atoms with E-state index in [-0.39, 0.29) is 5.91 Å². The number of rotatable bonds is 5. The van der Waals surface area contributed by atoms with Gasteiger partial charge in [-0.1, -0.05) is 42.2 Å². The molecule has 1 amide bonds. The summed E-state index contributed by atoms with van der Waals surface area (Å²) in [6.45, 7) is 0.463. The Bertz CT molecular complexity index is 1040. The smallest absolute Gasteiger partial charge is 0.341 e. The van der Waals surface area contributed by atoms with Gasteiger partial charge in [-0.05, 0) is 24.3 Å². The SMILES string of the molecule is O=C(O)COc1ccccc1/C=C1/SC(=S)N(c2ccc3c(c2)OCCO3)C1=O. The molecule has 1 N–H and O–H groups in total. The Labute approximate surface area is 175 Å². The van der Waals surface area contributed by atoms with Gasteiger partial charge in [-0.2, -0.15) is 0 Å². The standard InChI is InChI=1S/C20H15NO6S2/c22-18(23)11-27-14-4-2-1-3-12(14)9-17-19(24)21(20(28)29-17)13-5-6-15-16(10-13)26-8-7-25-15/h1-6,9-10H,7-8,11H2,(H,22,23)/b17-9+. The van der Waals surface area contributed by atoms with Crippen molar-refractivity contribution in [2.45, 2.75) is 0 Å². The van der Waals surface area contributed by atoms with E-state index < -0.39 is 12.6 Å². The first-order valence-electron chi connectivity index (χ1n) is 8.64. The second-order valence-corrected chi connectivity index (χ2v) is 7.74. The van der Waals surface area contributed by atoms with Gasteiger partial charge in [0.25, 0.3) is 5.91 Å². The largest absolute Gasteiger partial charge is 0.486 e. The third-order valence-corrected chi connectivity index (χ3v) is 5.44. The predicted octanol–water partition coefficient (Wildman–Crippen LogP) is 3.33. The zero-order valence-electron chi connectivity index (χ0n) is 15.0. The molecule has 2 aromatic rings. The lowest BCUT2D eigenvalue weighted by Gasteiger charge is -2.21. The molecule has 7 nitrogen and oxygen atoms in total. The van der Waals surface area contributed by atoms with Crippen molar-refractivity contribution in [2.75, 3.05) is 24.7 Å². The summed E-state index contributed by atoms with van der Waals surface area (Å²) in [4.78, 5) is 25.6. The molecule has 0 spiro atoms. The number of anilines is 1. The minimum absolute atomic E-state index is 0.273. The average molecular weight is 429 g/mol. The molecule has 0 unspecified atom stereocenters. The van der Waals surface area contributed by atoms with Gasteiger partial charge >= 0.3 is 5.97 Å². The van der Waals surface area contributed by atoms with Crippen LogP contribution in [0.2, 0.25) is 0 Å². The lowest BCUT2D eigenvalue weighted by molar-refractivity contribution is -0.139. The lowest BCUT2D eigenvalue weighted by atomic mass is 10.2. The van der Waals surface area contributed by atoms with Crippen LogP contribution in [0.15, 0.2) is 47.4 Å². The van der Waals surface area contributed by atoms with Crippen LogP contribution in [-0.4, -0.2) is 41.1 Å². The number of amides is 1. The summed E-state index contributed by atoms with van der Waals surface area (Å²) < 4.78 is 16.8. The number of hydrogen-bond donors (Lipinski definition) is 1. The Morgan fingerprint density at radius 1 is 1.21 bits per heavy atom. The summed E-state index contributed by atoms with van der Waals surface area (Å²) in [5, 5.41) is 8.83. The Hall–Kier alpha value is -3.04. The van der Waals surface area contributed by atoms with Crippen LogP contribution in [0.3, 0.4) is 0 Å². The summed E-state index contributed by atoms with van der Waals surface area (Å²) in [6.07, 6.45) is 1.65. The number of carboxylic acid groups (broad SMARTS) is 1. The molecule has 2 aliphatic rings. The molecular weight excluding hydrogens is 414 g/mol. The van der Waals surface area contributed by atoms with Gasteiger partial charge in [-0.3, -0.25) is 9.69 Å². The van der Waals surface area contributed by atoms with E-state index in [4.69, 9.17) is 31.5 Å². The fraction of sp³-hybridized carbons (Fsp3) is 0.150. The van der Waals surface area contributed by atoms with Gasteiger partial charge in [0, 0.05) is 11.6 Å². The van der Waals surface area contributed by atoms with Crippen LogP contribution in [-0.2, 0) is 9.59 Å². The summed E-state index contributed by atoms with van der Waals surface area (Å²) in [5.41, 5.74) is 1.19. The van der Waals surface area contributed by atoms with Crippen molar-refractivity contribution >= 4 is 51.9 Å². The van der Waals surface area contributed by atoms with Crippen molar-refractivity contribution in [3.05, 3.63) is 52.9 Å². The number of carbonyl (C=O) groups is 2. The molecule has 1 fully saturated rings. The van der Waals surface area contributed by atoms with Gasteiger partial charge in [-0.25, -0.2) is 4.79 Å². The maximum absolute atomic E-state index is 13.0. The highest BCUT2D eigenvalue weighted by atomic mass is 32.2. The monoisotopic (exact) mass is 429 g/mol. The number of fused-ring (bicyclic) bond motifs is 1. The van der Waals surface area contributed by atoms with Crippen LogP contribution >= 0.6 is 24.0 Å². The fourth-order valence-electron chi connectivity index (χ4n) is 2.87. The van der Waals surface area contributed by atoms with Gasteiger partial charge in [0.1, 0.15) is 19.0 Å². The number of aliphatic carboxylic acids is 1. The number of carboxylic acids is 1. The molecule has 0 radical (unpaired) electrons. The van der Waals surface area contributed by atoms with E-state index in [9.17, 15) is 9.59 Å². The second kappa shape index (κ2) is 8.14. The van der Waals surface area contributed by atoms with E-state index in [2.05, 4.69) is 0 Å². The van der Waals surface area contributed by atoms with Crippen molar-refractivity contribution in [2.24, 2.45) is 0 Å². The minimum atomic E-state index is -1.08. The van der Waals surface area contributed by atoms with E-state index in [0.29, 0.717) is 50.9 Å². The molecule has 148 valence electrons. The molecule has 0 aromatic heterocycles. The van der Waals surface area contributed by atoms with Gasteiger partial charge in [-0.15, -0.1) is 0 Å². The number of carbonyl (C=O) groups excluding carboxylic acids is 1. The van der Waals surface area contributed by atoms with E-state index >= 15 is 0 Å². The van der Waals surface area contributed by atoms with Crippen LogP contribution < -0.4 is 19.1 Å². The Kier molecular flexibility index (Phi) is 5.41. The molecule has 9 heteroatoms. The zero-order chi connectivity index (χ0) is 20.4. The number of para-hydroxylation sites is 1. The van der Waals surface area contributed by atoms with Crippen LogP contribution in [0.1, 0.15) is 5.56 Å². The summed E-state index contributed by atoms with van der Waals surface area (Å²) >= 11 is 6.58. The number of hydrogen-bond acceptors (Lipinski definition) is 7. The molecule has 4 rings (SSSR count). The van der Waals surface area contributed by atoms with Crippen molar-refractivity contribution in [1.29, 1.82) is 0 Å². The molecule has 1 saturated heterocycles. The second-order valence-electron chi connectivity index (χ2n) is 6.07. The number of thioether (sulfide) groups is 1. The van der Waals surface area contributed by atoms with Gasteiger partial charge in [0.2, 0.25) is 0 Å². The molecular formula is C20H15NO6S2. The maximum Gasteiger partial charge on any atom is 0.341 e. The molecule has 0 saturated carbocycles. The number of nitrogens with zero attached hydrogens (tertiary/aromatic N) is 1. The quantitative estimate of drug-likeness (QED) is 0.572. The first-order chi connectivity index (χ1) is 14.0. The zero-order valence-corrected chi connectivity index (χ0v) is 16.6. The highest BCUT2D eigenvalue weighted by molar-refractivity contribution is 8.27. The highest BCUT2D eigenvalue weighted by Crippen LogP contribution is 2.40. The molecule has 0 atom stereocenters. The van der Waals surface area contributed by atoms with Gasteiger partial charge < -0.3 is 19.3 Å². The molecule has 29 heavy (non-hydrogen) atoms. The summed E-state index contributed by atoms with van der Waals surface area (Å²) in [7, 11) is 0. The number of benzene rings is 2. The van der Waals surface area contributed by atoms with Gasteiger partial charge in [0.05, 0.1) is 10.6 Å². The highest BCUT2D eigenvalue weighted by Gasteiger charge is 2.34. The molecule has 0 bridgehead atoms. The average Bonchev–Trinajstić information content (AvgIpc) is 3.00. The van der Waals surface area contributed by atoms with E-state index in [1.54, 1.807) is 48.5 Å². The third-order valence-electron chi connectivity index (χ3n) is 4.13. The summed E-state index contributed by atoms with van der Waals surface area (Å²) in [5.74, 6) is 0.221. The van der Waals surface area contributed by atoms with Crippen LogP contribution in [0.5, 0.6) is 17.2 Å². The van der Waals surface area contributed by atoms with Crippen LogP contribution in [0.25, 0.3) is 6.08 Å². The Balaban J connectivity index is 1.61. The van der Waals surface area contributed by atoms with Crippen molar-refractivity contribution in [3.63, 3.8) is 0 Å².